The molecule has 18 heavy (non-hydrogen) atoms. The highest BCUT2D eigenvalue weighted by Crippen LogP contribution is 2.36. The van der Waals surface area contributed by atoms with Crippen molar-refractivity contribution in [3.63, 3.8) is 0 Å². The van der Waals surface area contributed by atoms with Crippen molar-refractivity contribution in [1.29, 1.82) is 0 Å². The van der Waals surface area contributed by atoms with Gasteiger partial charge in [-0.3, -0.25) is 0 Å². The van der Waals surface area contributed by atoms with Crippen LogP contribution in [0, 0.1) is 0 Å². The van der Waals surface area contributed by atoms with Gasteiger partial charge in [0.15, 0.2) is 0 Å². The van der Waals surface area contributed by atoms with E-state index in [4.69, 9.17) is 4.74 Å². The predicted molar refractivity (Wildman–Crippen MR) is 64.0 cm³/mol. The third kappa shape index (κ3) is 2.69. The summed E-state index contributed by atoms with van der Waals surface area (Å²) in [6, 6.07) is 3.79. The van der Waals surface area contributed by atoms with Gasteiger partial charge in [-0.1, -0.05) is 0 Å². The number of hydrogen-bond acceptors (Lipinski definition) is 3. The van der Waals surface area contributed by atoms with E-state index in [2.05, 4.69) is 5.32 Å². The average Bonchev–Trinajstić information content (AvgIpc) is 2.34. The molecule has 1 aliphatic rings. The minimum atomic E-state index is -4.30. The second-order valence-corrected chi connectivity index (χ2v) is 4.14. The Morgan fingerprint density at radius 1 is 1.39 bits per heavy atom. The molecule has 6 heteroatoms. The molecule has 0 aromatic heterocycles. The number of anilines is 2. The minimum Gasteiger partial charge on any atom is -0.383 e. The molecule has 0 fully saturated rings. The Hall–Kier alpha value is -1.43. The molecule has 0 saturated carbocycles. The summed E-state index contributed by atoms with van der Waals surface area (Å²) < 4.78 is 42.8. The van der Waals surface area contributed by atoms with Gasteiger partial charge in [0.2, 0.25) is 0 Å². The van der Waals surface area contributed by atoms with E-state index in [0.29, 0.717) is 25.4 Å². The maximum Gasteiger partial charge on any atom is 0.416 e. The van der Waals surface area contributed by atoms with Crippen molar-refractivity contribution in [1.82, 2.24) is 0 Å². The topological polar surface area (TPSA) is 24.5 Å². The van der Waals surface area contributed by atoms with Crippen molar-refractivity contribution in [2.45, 2.75) is 6.18 Å². The second-order valence-electron chi connectivity index (χ2n) is 4.14. The van der Waals surface area contributed by atoms with Gasteiger partial charge in [0.25, 0.3) is 0 Å². The first-order chi connectivity index (χ1) is 8.52. The quantitative estimate of drug-likeness (QED) is 0.904. The number of nitrogens with one attached hydrogen (secondary N) is 1. The van der Waals surface area contributed by atoms with Gasteiger partial charge in [0.05, 0.1) is 23.5 Å². The number of nitrogens with zero attached hydrogens (tertiary/aromatic N) is 1. The standard InChI is InChI=1S/C12H15F3N2O/c1-18-7-6-17-5-4-16-10-8-9(12(13,14)15)2-3-11(10)17/h2-3,8,16H,4-7H2,1H3. The van der Waals surface area contributed by atoms with Crippen molar-refractivity contribution in [2.75, 3.05) is 43.6 Å². The molecule has 0 saturated heterocycles. The Labute approximate surface area is 104 Å². The molecule has 0 radical (unpaired) electrons. The van der Waals surface area contributed by atoms with E-state index in [1.54, 1.807) is 7.11 Å². The zero-order valence-corrected chi connectivity index (χ0v) is 10.0. The molecule has 0 aliphatic carbocycles. The van der Waals surface area contributed by atoms with Crippen LogP contribution in [0.25, 0.3) is 0 Å². The summed E-state index contributed by atoms with van der Waals surface area (Å²) >= 11 is 0. The number of halogens is 3. The van der Waals surface area contributed by atoms with Gasteiger partial charge in [-0.2, -0.15) is 13.2 Å². The largest absolute Gasteiger partial charge is 0.416 e. The highest BCUT2D eigenvalue weighted by molar-refractivity contribution is 5.73. The molecule has 100 valence electrons. The van der Waals surface area contributed by atoms with Crippen LogP contribution < -0.4 is 10.2 Å². The maximum atomic E-state index is 12.6. The molecule has 1 N–H and O–H groups in total. The van der Waals surface area contributed by atoms with Gasteiger partial charge in [-0.25, -0.2) is 0 Å². The molecule has 0 spiro atoms. The number of hydrogen-bond donors (Lipinski definition) is 1. The Balaban J connectivity index is 2.25. The van der Waals surface area contributed by atoms with Gasteiger partial charge < -0.3 is 15.0 Å². The molecule has 0 bridgehead atoms. The van der Waals surface area contributed by atoms with Crippen LogP contribution in [0.15, 0.2) is 18.2 Å². The zero-order chi connectivity index (χ0) is 13.2. The number of alkyl halides is 3. The van der Waals surface area contributed by atoms with E-state index >= 15 is 0 Å². The molecule has 1 aliphatic heterocycles. The molecule has 0 unspecified atom stereocenters. The molecule has 0 amide bonds. The summed E-state index contributed by atoms with van der Waals surface area (Å²) in [5, 5.41) is 3.00. The molecular formula is C12H15F3N2O. The van der Waals surface area contributed by atoms with Crippen LogP contribution >= 0.6 is 0 Å². The molecular weight excluding hydrogens is 245 g/mol. The fraction of sp³-hybridized carbons (Fsp3) is 0.500. The van der Waals surface area contributed by atoms with Crippen LogP contribution in [0.1, 0.15) is 5.56 Å². The summed E-state index contributed by atoms with van der Waals surface area (Å²) in [4.78, 5) is 2.02. The van der Waals surface area contributed by atoms with Crippen LogP contribution in [0.4, 0.5) is 24.5 Å². The molecule has 2 rings (SSSR count). The predicted octanol–water partition coefficient (Wildman–Crippen LogP) is 2.58. The number of fused-ring (bicyclic) bond motifs is 1. The Bertz CT molecular complexity index is 420. The monoisotopic (exact) mass is 260 g/mol. The fourth-order valence-corrected chi connectivity index (χ4v) is 2.01. The lowest BCUT2D eigenvalue weighted by Gasteiger charge is -2.32. The second kappa shape index (κ2) is 5.06. The molecule has 1 heterocycles. The van der Waals surface area contributed by atoms with E-state index in [1.165, 1.54) is 6.07 Å². The third-order valence-electron chi connectivity index (χ3n) is 2.93. The highest BCUT2D eigenvalue weighted by atomic mass is 19.4. The summed E-state index contributed by atoms with van der Waals surface area (Å²) in [6.45, 7) is 2.64. The van der Waals surface area contributed by atoms with Crippen LogP contribution in [-0.4, -0.2) is 33.4 Å². The average molecular weight is 260 g/mol. The number of methoxy groups -OCH3 is 1. The van der Waals surface area contributed by atoms with E-state index in [1.807, 2.05) is 4.90 Å². The van der Waals surface area contributed by atoms with Crippen molar-refractivity contribution < 1.29 is 17.9 Å². The maximum absolute atomic E-state index is 12.6. The van der Waals surface area contributed by atoms with Gasteiger partial charge in [0, 0.05) is 26.7 Å². The van der Waals surface area contributed by atoms with Gasteiger partial charge in [-0.15, -0.1) is 0 Å². The van der Waals surface area contributed by atoms with Crippen LogP contribution in [0.3, 0.4) is 0 Å². The number of benzene rings is 1. The summed E-state index contributed by atoms with van der Waals surface area (Å²) in [5.74, 6) is 0. The van der Waals surface area contributed by atoms with Gasteiger partial charge in [-0.05, 0) is 18.2 Å². The van der Waals surface area contributed by atoms with Crippen molar-refractivity contribution >= 4 is 11.4 Å². The van der Waals surface area contributed by atoms with Gasteiger partial charge >= 0.3 is 6.18 Å². The highest BCUT2D eigenvalue weighted by Gasteiger charge is 2.31. The number of ether oxygens (including phenoxy) is 1. The van der Waals surface area contributed by atoms with Crippen molar-refractivity contribution in [2.24, 2.45) is 0 Å². The smallest absolute Gasteiger partial charge is 0.383 e. The van der Waals surface area contributed by atoms with E-state index in [9.17, 15) is 13.2 Å². The molecule has 3 nitrogen and oxygen atoms in total. The van der Waals surface area contributed by atoms with Crippen LogP contribution in [0.5, 0.6) is 0 Å². The zero-order valence-electron chi connectivity index (χ0n) is 10.0. The lowest BCUT2D eigenvalue weighted by atomic mass is 10.1. The van der Waals surface area contributed by atoms with E-state index in [0.717, 1.165) is 24.4 Å². The van der Waals surface area contributed by atoms with Crippen LogP contribution in [0.2, 0.25) is 0 Å². The van der Waals surface area contributed by atoms with Gasteiger partial charge in [0.1, 0.15) is 0 Å². The van der Waals surface area contributed by atoms with E-state index in [-0.39, 0.29) is 0 Å². The Morgan fingerprint density at radius 2 is 2.17 bits per heavy atom. The minimum absolute atomic E-state index is 0.534. The van der Waals surface area contributed by atoms with Crippen LogP contribution in [-0.2, 0) is 10.9 Å². The fourth-order valence-electron chi connectivity index (χ4n) is 2.01. The first kappa shape index (κ1) is 13.0. The first-order valence-corrected chi connectivity index (χ1v) is 5.71. The lowest BCUT2D eigenvalue weighted by molar-refractivity contribution is -0.137. The third-order valence-corrected chi connectivity index (χ3v) is 2.93. The first-order valence-electron chi connectivity index (χ1n) is 5.71. The Kier molecular flexibility index (Phi) is 3.65. The summed E-state index contributed by atoms with van der Waals surface area (Å²) in [6.07, 6.45) is -4.30. The van der Waals surface area contributed by atoms with E-state index < -0.39 is 11.7 Å². The molecule has 1 aromatic rings. The normalized spacial score (nSPS) is 15.2. The Morgan fingerprint density at radius 3 is 2.83 bits per heavy atom. The summed E-state index contributed by atoms with van der Waals surface area (Å²) in [7, 11) is 1.61. The lowest BCUT2D eigenvalue weighted by Crippen LogP contribution is -2.36. The van der Waals surface area contributed by atoms with Crippen molar-refractivity contribution in [3.8, 4) is 0 Å². The molecule has 0 atom stereocenters. The van der Waals surface area contributed by atoms with Crippen molar-refractivity contribution in [3.05, 3.63) is 23.8 Å². The summed E-state index contributed by atoms with van der Waals surface area (Å²) in [5.41, 5.74) is 0.709. The molecule has 1 aromatic carbocycles. The number of rotatable bonds is 3. The SMILES string of the molecule is COCCN1CCNc2cc(C(F)(F)F)ccc21.